The van der Waals surface area contributed by atoms with E-state index in [-0.39, 0.29) is 5.82 Å². The Kier molecular flexibility index (Phi) is 5.78. The first-order valence-corrected chi connectivity index (χ1v) is 6.16. The fraction of sp³-hybridized carbons (Fsp3) is 0.538. The average molecular weight is 244 g/mol. The summed E-state index contributed by atoms with van der Waals surface area (Å²) in [7, 11) is 1.97. The molecule has 1 unspecified atom stereocenters. The van der Waals surface area contributed by atoms with Crippen molar-refractivity contribution in [3.63, 3.8) is 0 Å². The van der Waals surface area contributed by atoms with E-state index in [4.69, 9.17) is 11.6 Å². The number of hydrogen-bond donors (Lipinski definition) is 1. The second-order valence-electron chi connectivity index (χ2n) is 4.05. The molecule has 0 aliphatic rings. The molecule has 16 heavy (non-hydrogen) atoms. The molecule has 0 bridgehead atoms. The molecule has 1 aromatic carbocycles. The smallest absolute Gasteiger partial charge is 0.123 e. The first-order chi connectivity index (χ1) is 7.67. The fourth-order valence-corrected chi connectivity index (χ4v) is 2.06. The topological polar surface area (TPSA) is 12.0 Å². The van der Waals surface area contributed by atoms with Gasteiger partial charge in [-0.2, -0.15) is 0 Å². The summed E-state index contributed by atoms with van der Waals surface area (Å²) in [4.78, 5) is 0. The summed E-state index contributed by atoms with van der Waals surface area (Å²) in [6, 6.07) is 5.04. The van der Waals surface area contributed by atoms with Crippen molar-refractivity contribution in [2.45, 2.75) is 38.6 Å². The van der Waals surface area contributed by atoms with E-state index in [0.29, 0.717) is 11.1 Å². The Morgan fingerprint density at radius 3 is 2.75 bits per heavy atom. The van der Waals surface area contributed by atoms with Crippen molar-refractivity contribution >= 4 is 11.6 Å². The summed E-state index contributed by atoms with van der Waals surface area (Å²) in [6.07, 6.45) is 4.11. The standard InChI is InChI=1S/C13H19ClFN/c1-3-4-12(16-2)7-5-10-9-11(15)6-8-13(10)14/h6,8-9,12,16H,3-5,7H2,1-2H3. The average Bonchev–Trinajstić information content (AvgIpc) is 2.28. The number of halogens is 2. The van der Waals surface area contributed by atoms with Gasteiger partial charge in [-0.05, 0) is 50.1 Å². The van der Waals surface area contributed by atoms with Crippen LogP contribution in [0.4, 0.5) is 4.39 Å². The largest absolute Gasteiger partial charge is 0.317 e. The van der Waals surface area contributed by atoms with Crippen molar-refractivity contribution in [1.29, 1.82) is 0 Å². The highest BCUT2D eigenvalue weighted by Crippen LogP contribution is 2.19. The van der Waals surface area contributed by atoms with Gasteiger partial charge in [0.15, 0.2) is 0 Å². The zero-order valence-corrected chi connectivity index (χ0v) is 10.6. The lowest BCUT2D eigenvalue weighted by Crippen LogP contribution is -2.25. The molecule has 90 valence electrons. The third-order valence-electron chi connectivity index (χ3n) is 2.82. The molecule has 0 aliphatic carbocycles. The van der Waals surface area contributed by atoms with Crippen molar-refractivity contribution in [3.8, 4) is 0 Å². The van der Waals surface area contributed by atoms with Crippen LogP contribution in [-0.4, -0.2) is 13.1 Å². The first kappa shape index (κ1) is 13.5. The predicted octanol–water partition coefficient (Wildman–Crippen LogP) is 3.80. The second-order valence-corrected chi connectivity index (χ2v) is 4.46. The third-order valence-corrected chi connectivity index (χ3v) is 3.18. The zero-order valence-electron chi connectivity index (χ0n) is 9.89. The maximum Gasteiger partial charge on any atom is 0.123 e. The molecule has 3 heteroatoms. The van der Waals surface area contributed by atoms with Crippen LogP contribution in [0.5, 0.6) is 0 Å². The molecular formula is C13H19ClFN. The number of hydrogen-bond acceptors (Lipinski definition) is 1. The minimum Gasteiger partial charge on any atom is -0.317 e. The zero-order chi connectivity index (χ0) is 12.0. The van der Waals surface area contributed by atoms with Crippen molar-refractivity contribution in [1.82, 2.24) is 5.32 Å². The number of benzene rings is 1. The van der Waals surface area contributed by atoms with Crippen LogP contribution in [0.1, 0.15) is 31.7 Å². The van der Waals surface area contributed by atoms with Gasteiger partial charge in [-0.15, -0.1) is 0 Å². The summed E-state index contributed by atoms with van der Waals surface area (Å²) in [5.74, 6) is -0.212. The predicted molar refractivity (Wildman–Crippen MR) is 67.5 cm³/mol. The lowest BCUT2D eigenvalue weighted by atomic mass is 10.0. The van der Waals surface area contributed by atoms with Crippen molar-refractivity contribution < 1.29 is 4.39 Å². The SMILES string of the molecule is CCCC(CCc1cc(F)ccc1Cl)NC. The molecule has 1 nitrogen and oxygen atoms in total. The van der Waals surface area contributed by atoms with Crippen LogP contribution in [-0.2, 0) is 6.42 Å². The molecule has 0 fully saturated rings. The van der Waals surface area contributed by atoms with Crippen LogP contribution >= 0.6 is 11.6 Å². The monoisotopic (exact) mass is 243 g/mol. The Bertz CT molecular complexity index is 328. The van der Waals surface area contributed by atoms with E-state index in [9.17, 15) is 4.39 Å². The highest BCUT2D eigenvalue weighted by atomic mass is 35.5. The lowest BCUT2D eigenvalue weighted by Gasteiger charge is -2.15. The molecule has 1 N–H and O–H groups in total. The summed E-state index contributed by atoms with van der Waals surface area (Å²) < 4.78 is 13.0. The second kappa shape index (κ2) is 6.87. The molecule has 0 radical (unpaired) electrons. The Hall–Kier alpha value is -0.600. The Morgan fingerprint density at radius 1 is 1.38 bits per heavy atom. The molecule has 0 spiro atoms. The maximum atomic E-state index is 13.0. The summed E-state index contributed by atoms with van der Waals surface area (Å²) in [6.45, 7) is 2.17. The highest BCUT2D eigenvalue weighted by molar-refractivity contribution is 6.31. The van der Waals surface area contributed by atoms with E-state index in [1.54, 1.807) is 6.07 Å². The van der Waals surface area contributed by atoms with Crippen LogP contribution in [0.2, 0.25) is 5.02 Å². The van der Waals surface area contributed by atoms with Gasteiger partial charge >= 0.3 is 0 Å². The fourth-order valence-electron chi connectivity index (χ4n) is 1.85. The highest BCUT2D eigenvalue weighted by Gasteiger charge is 2.07. The molecule has 0 amide bonds. The molecule has 1 atom stereocenters. The van der Waals surface area contributed by atoms with Crippen LogP contribution < -0.4 is 5.32 Å². The maximum absolute atomic E-state index is 13.0. The lowest BCUT2D eigenvalue weighted by molar-refractivity contribution is 0.483. The van der Waals surface area contributed by atoms with Crippen molar-refractivity contribution in [2.24, 2.45) is 0 Å². The number of rotatable bonds is 6. The number of aryl methyl sites for hydroxylation is 1. The van der Waals surface area contributed by atoms with E-state index < -0.39 is 0 Å². The summed E-state index contributed by atoms with van der Waals surface area (Å²) in [5, 5.41) is 3.93. The molecule has 0 saturated heterocycles. The van der Waals surface area contributed by atoms with Gasteiger partial charge in [0.25, 0.3) is 0 Å². The van der Waals surface area contributed by atoms with Crippen molar-refractivity contribution in [2.75, 3.05) is 7.05 Å². The molecule has 1 aromatic rings. The Balaban J connectivity index is 2.55. The summed E-state index contributed by atoms with van der Waals surface area (Å²) in [5.41, 5.74) is 0.901. The van der Waals surface area contributed by atoms with Gasteiger partial charge in [0.05, 0.1) is 0 Å². The summed E-state index contributed by atoms with van der Waals surface area (Å²) >= 11 is 6.01. The molecule has 0 aromatic heterocycles. The minimum atomic E-state index is -0.212. The van der Waals surface area contributed by atoms with E-state index >= 15 is 0 Å². The van der Waals surface area contributed by atoms with Crippen LogP contribution in [0, 0.1) is 5.82 Å². The quantitative estimate of drug-likeness (QED) is 0.802. The molecule has 1 rings (SSSR count). The van der Waals surface area contributed by atoms with Gasteiger partial charge in [-0.1, -0.05) is 24.9 Å². The van der Waals surface area contributed by atoms with E-state index in [1.165, 1.54) is 12.1 Å². The number of nitrogens with one attached hydrogen (secondary N) is 1. The van der Waals surface area contributed by atoms with Crippen LogP contribution in [0.3, 0.4) is 0 Å². The van der Waals surface area contributed by atoms with Crippen molar-refractivity contribution in [3.05, 3.63) is 34.6 Å². The van der Waals surface area contributed by atoms with Crippen LogP contribution in [0.25, 0.3) is 0 Å². The Labute approximate surface area is 102 Å². The molecule has 0 saturated carbocycles. The normalized spacial score (nSPS) is 12.8. The first-order valence-electron chi connectivity index (χ1n) is 5.78. The molecule has 0 aliphatic heterocycles. The van der Waals surface area contributed by atoms with Gasteiger partial charge in [-0.3, -0.25) is 0 Å². The molecular weight excluding hydrogens is 225 g/mol. The van der Waals surface area contributed by atoms with Gasteiger partial charge in [0.2, 0.25) is 0 Å². The molecule has 0 heterocycles. The van der Waals surface area contributed by atoms with E-state index in [2.05, 4.69) is 12.2 Å². The van der Waals surface area contributed by atoms with Gasteiger partial charge in [0.1, 0.15) is 5.82 Å². The van der Waals surface area contributed by atoms with E-state index in [0.717, 1.165) is 31.2 Å². The van der Waals surface area contributed by atoms with E-state index in [1.807, 2.05) is 7.05 Å². The third kappa shape index (κ3) is 4.11. The van der Waals surface area contributed by atoms with Gasteiger partial charge in [0, 0.05) is 11.1 Å². The van der Waals surface area contributed by atoms with Gasteiger partial charge < -0.3 is 5.32 Å². The van der Waals surface area contributed by atoms with Gasteiger partial charge in [-0.25, -0.2) is 4.39 Å². The van der Waals surface area contributed by atoms with Crippen LogP contribution in [0.15, 0.2) is 18.2 Å². The minimum absolute atomic E-state index is 0.212. The Morgan fingerprint density at radius 2 is 2.12 bits per heavy atom.